The molecule has 0 aliphatic heterocycles. The van der Waals surface area contributed by atoms with Gasteiger partial charge in [-0.25, -0.2) is 4.79 Å². The first-order valence-electron chi connectivity index (χ1n) is 11.2. The lowest BCUT2D eigenvalue weighted by molar-refractivity contribution is -0.137. The van der Waals surface area contributed by atoms with Gasteiger partial charge >= 0.3 is 12.1 Å². The second-order valence-corrected chi connectivity index (χ2v) is 8.15. The highest BCUT2D eigenvalue weighted by Crippen LogP contribution is 2.44. The second-order valence-electron chi connectivity index (χ2n) is 8.15. The summed E-state index contributed by atoms with van der Waals surface area (Å²) in [5.74, 6) is -1.45. The lowest BCUT2D eigenvalue weighted by Gasteiger charge is -2.20. The molecule has 3 aromatic carbocycles. The first kappa shape index (κ1) is 23.0. The smallest absolute Gasteiger partial charge is 0.411 e. The number of anilines is 1. The van der Waals surface area contributed by atoms with Gasteiger partial charge in [-0.3, -0.25) is 14.9 Å². The first-order chi connectivity index (χ1) is 16.5. The molecule has 0 atom stereocenters. The zero-order valence-corrected chi connectivity index (χ0v) is 18.9. The molecule has 0 saturated carbocycles. The van der Waals surface area contributed by atoms with Crippen molar-refractivity contribution in [3.8, 4) is 11.1 Å². The Morgan fingerprint density at radius 2 is 1.50 bits per heavy atom. The minimum absolute atomic E-state index is 0.0306. The molecule has 1 aliphatic rings. The third-order valence-electron chi connectivity index (χ3n) is 5.83. The van der Waals surface area contributed by atoms with E-state index in [2.05, 4.69) is 29.6 Å². The Morgan fingerprint density at radius 3 is 2.06 bits per heavy atom. The number of carbonyl (C=O) groups excluding carboxylic acids is 2. The fraction of sp³-hybridized carbons (Fsp3) is 0.222. The molecule has 0 fully saturated rings. The summed E-state index contributed by atoms with van der Waals surface area (Å²) in [6.45, 7) is 2.08. The summed E-state index contributed by atoms with van der Waals surface area (Å²) in [6, 6.07) is 22.6. The summed E-state index contributed by atoms with van der Waals surface area (Å²) < 4.78 is 5.54. The van der Waals surface area contributed by atoms with E-state index >= 15 is 0 Å². The summed E-state index contributed by atoms with van der Waals surface area (Å²) in [6.07, 6.45) is 0.0694. The van der Waals surface area contributed by atoms with Crippen LogP contribution in [0.3, 0.4) is 0 Å². The van der Waals surface area contributed by atoms with E-state index in [0.717, 1.165) is 22.3 Å². The Hall–Kier alpha value is -4.13. The number of carboxylic acid groups (broad SMARTS) is 1. The van der Waals surface area contributed by atoms with Crippen molar-refractivity contribution < 1.29 is 24.2 Å². The zero-order valence-electron chi connectivity index (χ0n) is 18.9. The van der Waals surface area contributed by atoms with Gasteiger partial charge in [-0.15, -0.1) is 0 Å². The van der Waals surface area contributed by atoms with E-state index in [1.165, 1.54) is 4.90 Å². The number of benzene rings is 3. The number of carbonyl (C=O) groups is 3. The van der Waals surface area contributed by atoms with E-state index < -0.39 is 12.1 Å². The van der Waals surface area contributed by atoms with E-state index in [1.54, 1.807) is 24.3 Å². The van der Waals surface area contributed by atoms with Gasteiger partial charge in [-0.1, -0.05) is 55.5 Å². The van der Waals surface area contributed by atoms with Crippen LogP contribution >= 0.6 is 0 Å². The van der Waals surface area contributed by atoms with E-state index in [0.29, 0.717) is 24.2 Å². The number of rotatable bonds is 8. The van der Waals surface area contributed by atoms with Crippen molar-refractivity contribution in [1.82, 2.24) is 4.90 Å². The van der Waals surface area contributed by atoms with Crippen LogP contribution in [0.1, 0.15) is 40.7 Å². The van der Waals surface area contributed by atoms with Crippen LogP contribution in [-0.4, -0.2) is 47.7 Å². The molecule has 0 saturated heterocycles. The third-order valence-corrected chi connectivity index (χ3v) is 5.83. The Bertz CT molecular complexity index is 1160. The van der Waals surface area contributed by atoms with Gasteiger partial charge in [0.25, 0.3) is 5.91 Å². The standard InChI is InChI=1S/C27H26N2O5/c1-2-15-29(16-25(30)31)26(32)18-11-13-19(14-12-18)28-27(33)34-17-24-22-9-5-3-7-20(22)21-8-4-6-10-23(21)24/h3-14,24H,2,15-17H2,1H3,(H,28,33)(H,30,31). The first-order valence-corrected chi connectivity index (χ1v) is 11.2. The molecule has 2 amide bonds. The number of hydrogen-bond donors (Lipinski definition) is 2. The van der Waals surface area contributed by atoms with Gasteiger partial charge in [0.15, 0.2) is 0 Å². The van der Waals surface area contributed by atoms with Crippen LogP contribution in [0.15, 0.2) is 72.8 Å². The maximum atomic E-state index is 12.6. The van der Waals surface area contributed by atoms with Crippen molar-refractivity contribution in [1.29, 1.82) is 0 Å². The molecule has 0 bridgehead atoms. The van der Waals surface area contributed by atoms with Crippen molar-refractivity contribution >= 4 is 23.7 Å². The highest BCUT2D eigenvalue weighted by atomic mass is 16.5. The van der Waals surface area contributed by atoms with E-state index in [4.69, 9.17) is 9.84 Å². The molecular weight excluding hydrogens is 432 g/mol. The Labute approximate surface area is 198 Å². The van der Waals surface area contributed by atoms with Gasteiger partial charge in [0, 0.05) is 23.7 Å². The molecule has 4 rings (SSSR count). The SMILES string of the molecule is CCCN(CC(=O)O)C(=O)c1ccc(NC(=O)OCC2c3ccccc3-c3ccccc32)cc1. The van der Waals surface area contributed by atoms with Gasteiger partial charge in [-0.05, 0) is 52.9 Å². The van der Waals surface area contributed by atoms with Gasteiger partial charge in [0.1, 0.15) is 13.2 Å². The fourth-order valence-corrected chi connectivity index (χ4v) is 4.32. The van der Waals surface area contributed by atoms with E-state index in [9.17, 15) is 14.4 Å². The zero-order chi connectivity index (χ0) is 24.1. The number of carboxylic acids is 1. The van der Waals surface area contributed by atoms with Crippen molar-refractivity contribution in [2.75, 3.05) is 25.0 Å². The number of nitrogens with one attached hydrogen (secondary N) is 1. The number of nitrogens with zero attached hydrogens (tertiary/aromatic N) is 1. The van der Waals surface area contributed by atoms with Gasteiger partial charge in [-0.2, -0.15) is 0 Å². The third kappa shape index (κ3) is 4.93. The average Bonchev–Trinajstić information content (AvgIpc) is 3.16. The van der Waals surface area contributed by atoms with Crippen LogP contribution in [-0.2, 0) is 9.53 Å². The second kappa shape index (κ2) is 10.2. The molecular formula is C27H26N2O5. The van der Waals surface area contributed by atoms with Crippen molar-refractivity contribution in [2.45, 2.75) is 19.3 Å². The number of aliphatic carboxylic acids is 1. The molecule has 0 unspecified atom stereocenters. The molecule has 0 aromatic heterocycles. The molecule has 174 valence electrons. The van der Waals surface area contributed by atoms with Crippen molar-refractivity contribution in [3.05, 3.63) is 89.5 Å². The van der Waals surface area contributed by atoms with Crippen LogP contribution in [0.25, 0.3) is 11.1 Å². The van der Waals surface area contributed by atoms with E-state index in [1.807, 2.05) is 31.2 Å². The van der Waals surface area contributed by atoms with E-state index in [-0.39, 0.29) is 25.0 Å². The van der Waals surface area contributed by atoms with Crippen molar-refractivity contribution in [3.63, 3.8) is 0 Å². The topological polar surface area (TPSA) is 95.9 Å². The molecule has 0 heterocycles. The molecule has 2 N–H and O–H groups in total. The Kier molecular flexibility index (Phi) is 6.92. The monoisotopic (exact) mass is 458 g/mol. The molecule has 34 heavy (non-hydrogen) atoms. The van der Waals surface area contributed by atoms with Crippen LogP contribution in [0.4, 0.5) is 10.5 Å². The highest BCUT2D eigenvalue weighted by Gasteiger charge is 2.29. The molecule has 3 aromatic rings. The maximum Gasteiger partial charge on any atom is 0.411 e. The number of amides is 2. The van der Waals surface area contributed by atoms with Gasteiger partial charge in [0.2, 0.25) is 0 Å². The molecule has 1 aliphatic carbocycles. The average molecular weight is 459 g/mol. The predicted octanol–water partition coefficient (Wildman–Crippen LogP) is 4.98. The summed E-state index contributed by atoms with van der Waals surface area (Å²) in [7, 11) is 0. The number of fused-ring (bicyclic) bond motifs is 3. The van der Waals surface area contributed by atoms with Gasteiger partial charge < -0.3 is 14.7 Å². The molecule has 0 spiro atoms. The quantitative estimate of drug-likeness (QED) is 0.496. The van der Waals surface area contributed by atoms with Crippen LogP contribution in [0, 0.1) is 0 Å². The molecule has 0 radical (unpaired) electrons. The summed E-state index contributed by atoms with van der Waals surface area (Å²) in [4.78, 5) is 37.4. The van der Waals surface area contributed by atoms with Crippen molar-refractivity contribution in [2.24, 2.45) is 0 Å². The van der Waals surface area contributed by atoms with Gasteiger partial charge in [0.05, 0.1) is 0 Å². The number of ether oxygens (including phenoxy) is 1. The normalized spacial score (nSPS) is 11.9. The summed E-state index contributed by atoms with van der Waals surface area (Å²) >= 11 is 0. The fourth-order valence-electron chi connectivity index (χ4n) is 4.32. The lowest BCUT2D eigenvalue weighted by atomic mass is 9.98. The summed E-state index contributed by atoms with van der Waals surface area (Å²) in [5.41, 5.74) is 5.43. The minimum atomic E-state index is -1.06. The molecule has 7 nitrogen and oxygen atoms in total. The largest absolute Gasteiger partial charge is 0.480 e. The maximum absolute atomic E-state index is 12.6. The van der Waals surface area contributed by atoms with Crippen LogP contribution in [0.5, 0.6) is 0 Å². The number of hydrogen-bond acceptors (Lipinski definition) is 4. The molecule has 7 heteroatoms. The van der Waals surface area contributed by atoms with Crippen LogP contribution in [0.2, 0.25) is 0 Å². The summed E-state index contributed by atoms with van der Waals surface area (Å²) in [5, 5.41) is 11.7. The Morgan fingerprint density at radius 1 is 0.912 bits per heavy atom. The lowest BCUT2D eigenvalue weighted by Crippen LogP contribution is -2.36. The minimum Gasteiger partial charge on any atom is -0.480 e. The van der Waals surface area contributed by atoms with Crippen LogP contribution < -0.4 is 5.32 Å². The predicted molar refractivity (Wildman–Crippen MR) is 129 cm³/mol. The highest BCUT2D eigenvalue weighted by molar-refractivity contribution is 5.96. The Balaban J connectivity index is 1.38.